The van der Waals surface area contributed by atoms with E-state index in [0.29, 0.717) is 0 Å². The number of hydrogen-bond acceptors (Lipinski definition) is 2. The van der Waals surface area contributed by atoms with Gasteiger partial charge in [-0.25, -0.2) is 0 Å². The van der Waals surface area contributed by atoms with Crippen molar-refractivity contribution < 1.29 is 0 Å². The van der Waals surface area contributed by atoms with Crippen molar-refractivity contribution in [2.45, 2.75) is 25.7 Å². The summed E-state index contributed by atoms with van der Waals surface area (Å²) in [5.41, 5.74) is 3.90. The maximum atomic E-state index is 8.77. The highest BCUT2D eigenvalue weighted by Gasteiger charge is 2.10. The lowest BCUT2D eigenvalue weighted by Gasteiger charge is -2.18. The lowest BCUT2D eigenvalue weighted by Crippen LogP contribution is -2.10. The first-order valence-electron chi connectivity index (χ1n) is 5.06. The number of nitrogens with zero attached hydrogens (tertiary/aromatic N) is 2. The van der Waals surface area contributed by atoms with Crippen LogP contribution < -0.4 is 4.90 Å². The van der Waals surface area contributed by atoms with Gasteiger partial charge >= 0.3 is 0 Å². The van der Waals surface area contributed by atoms with Gasteiger partial charge in [-0.2, -0.15) is 5.26 Å². The largest absolute Gasteiger partial charge is 0.283 e. The van der Waals surface area contributed by atoms with Crippen LogP contribution in [0.2, 0.25) is 0 Å². The Morgan fingerprint density at radius 3 is 2.64 bits per heavy atom. The third kappa shape index (κ3) is 1.58. The third-order valence-electron chi connectivity index (χ3n) is 2.87. The molecule has 2 heteroatoms. The number of aryl methyl sites for hydroxylation is 2. The molecule has 0 bridgehead atoms. The van der Waals surface area contributed by atoms with Crippen molar-refractivity contribution in [2.75, 3.05) is 11.9 Å². The second kappa shape index (κ2) is 3.71. The van der Waals surface area contributed by atoms with Crippen LogP contribution in [0.1, 0.15) is 24.0 Å². The average Bonchev–Trinajstić information content (AvgIpc) is 2.27. The Hall–Kier alpha value is -1.49. The van der Waals surface area contributed by atoms with Gasteiger partial charge in [0.25, 0.3) is 0 Å². The first-order chi connectivity index (χ1) is 6.81. The van der Waals surface area contributed by atoms with Crippen LogP contribution in [0.3, 0.4) is 0 Å². The molecule has 0 saturated heterocycles. The minimum Gasteiger partial charge on any atom is -0.283 e. The summed E-state index contributed by atoms with van der Waals surface area (Å²) in [6, 6.07) is 6.35. The van der Waals surface area contributed by atoms with Crippen LogP contribution >= 0.6 is 0 Å². The standard InChI is InChI=1S/C12H14N2/c1-14(9-13)12-7-6-10-4-2-3-5-11(10)8-12/h6-8H,2-5H2,1H3. The molecule has 72 valence electrons. The molecule has 1 aliphatic rings. The van der Waals surface area contributed by atoms with E-state index in [1.807, 2.05) is 6.07 Å². The zero-order valence-electron chi connectivity index (χ0n) is 8.45. The third-order valence-corrected chi connectivity index (χ3v) is 2.87. The van der Waals surface area contributed by atoms with E-state index >= 15 is 0 Å². The Balaban J connectivity index is 2.34. The van der Waals surface area contributed by atoms with E-state index < -0.39 is 0 Å². The van der Waals surface area contributed by atoms with Gasteiger partial charge in [0, 0.05) is 7.05 Å². The zero-order valence-corrected chi connectivity index (χ0v) is 8.45. The maximum Gasteiger partial charge on any atom is 0.183 e. The summed E-state index contributed by atoms with van der Waals surface area (Å²) >= 11 is 0. The highest BCUT2D eigenvalue weighted by Crippen LogP contribution is 2.25. The van der Waals surface area contributed by atoms with Crippen molar-refractivity contribution in [2.24, 2.45) is 0 Å². The highest BCUT2D eigenvalue weighted by atomic mass is 15.1. The molecule has 1 aromatic rings. The van der Waals surface area contributed by atoms with Crippen molar-refractivity contribution in [3.05, 3.63) is 29.3 Å². The summed E-state index contributed by atoms with van der Waals surface area (Å²) in [4.78, 5) is 1.61. The van der Waals surface area contributed by atoms with Gasteiger partial charge in [-0.15, -0.1) is 0 Å². The lowest BCUT2D eigenvalue weighted by molar-refractivity contribution is 0.685. The molecule has 0 saturated carbocycles. The van der Waals surface area contributed by atoms with E-state index in [-0.39, 0.29) is 0 Å². The maximum absolute atomic E-state index is 8.77. The zero-order chi connectivity index (χ0) is 9.97. The highest BCUT2D eigenvalue weighted by molar-refractivity contribution is 5.53. The van der Waals surface area contributed by atoms with Gasteiger partial charge in [0.2, 0.25) is 0 Å². The number of benzene rings is 1. The Morgan fingerprint density at radius 1 is 1.21 bits per heavy atom. The average molecular weight is 186 g/mol. The topological polar surface area (TPSA) is 27.0 Å². The second-order valence-corrected chi connectivity index (χ2v) is 3.82. The van der Waals surface area contributed by atoms with E-state index in [4.69, 9.17) is 5.26 Å². The number of rotatable bonds is 1. The van der Waals surface area contributed by atoms with Crippen LogP contribution in [0, 0.1) is 11.5 Å². The smallest absolute Gasteiger partial charge is 0.183 e. The molecular formula is C12H14N2. The van der Waals surface area contributed by atoms with E-state index in [9.17, 15) is 0 Å². The van der Waals surface area contributed by atoms with E-state index in [2.05, 4.69) is 18.3 Å². The molecular weight excluding hydrogens is 172 g/mol. The van der Waals surface area contributed by atoms with Gasteiger partial charge in [0.1, 0.15) is 0 Å². The van der Waals surface area contributed by atoms with Gasteiger partial charge in [-0.05, 0) is 48.9 Å². The SMILES string of the molecule is CN(C#N)c1ccc2c(c1)CCCC2. The van der Waals surface area contributed by atoms with Gasteiger partial charge < -0.3 is 0 Å². The monoisotopic (exact) mass is 186 g/mol. The predicted octanol–water partition coefficient (Wildman–Crippen LogP) is 2.48. The minimum absolute atomic E-state index is 1.01. The summed E-state index contributed by atoms with van der Waals surface area (Å²) in [5, 5.41) is 8.77. The molecule has 0 atom stereocenters. The quantitative estimate of drug-likeness (QED) is 0.497. The molecule has 0 fully saturated rings. The summed E-state index contributed by atoms with van der Waals surface area (Å²) in [7, 11) is 1.80. The Labute approximate surface area is 84.8 Å². The molecule has 0 aliphatic heterocycles. The normalized spacial score (nSPS) is 14.3. The molecule has 0 unspecified atom stereocenters. The van der Waals surface area contributed by atoms with Crippen LogP contribution in [-0.2, 0) is 12.8 Å². The number of nitriles is 1. The van der Waals surface area contributed by atoms with Gasteiger partial charge in [0.15, 0.2) is 6.19 Å². The summed E-state index contributed by atoms with van der Waals surface area (Å²) in [5.74, 6) is 0. The Bertz CT molecular complexity index is 376. The van der Waals surface area contributed by atoms with Crippen molar-refractivity contribution in [1.82, 2.24) is 0 Å². The van der Waals surface area contributed by atoms with Crippen molar-refractivity contribution in [3.8, 4) is 6.19 Å². The molecule has 1 aliphatic carbocycles. The molecule has 0 N–H and O–H groups in total. The molecule has 2 nitrogen and oxygen atoms in total. The summed E-state index contributed by atoms with van der Waals surface area (Å²) in [6.07, 6.45) is 7.08. The van der Waals surface area contributed by atoms with Crippen LogP contribution in [0.15, 0.2) is 18.2 Å². The van der Waals surface area contributed by atoms with Crippen LogP contribution in [0.4, 0.5) is 5.69 Å². The van der Waals surface area contributed by atoms with Crippen molar-refractivity contribution in [3.63, 3.8) is 0 Å². The van der Waals surface area contributed by atoms with E-state index in [1.54, 1.807) is 11.9 Å². The van der Waals surface area contributed by atoms with Gasteiger partial charge in [0.05, 0.1) is 5.69 Å². The van der Waals surface area contributed by atoms with Crippen molar-refractivity contribution in [1.29, 1.82) is 5.26 Å². The first kappa shape index (κ1) is 9.08. The van der Waals surface area contributed by atoms with E-state index in [1.165, 1.54) is 36.8 Å². The van der Waals surface area contributed by atoms with Crippen molar-refractivity contribution >= 4 is 5.69 Å². The number of anilines is 1. The summed E-state index contributed by atoms with van der Waals surface area (Å²) in [6.45, 7) is 0. The molecule has 0 heterocycles. The molecule has 2 rings (SSSR count). The van der Waals surface area contributed by atoms with Crippen LogP contribution in [0.25, 0.3) is 0 Å². The molecule has 14 heavy (non-hydrogen) atoms. The fraction of sp³-hybridized carbons (Fsp3) is 0.417. The van der Waals surface area contributed by atoms with E-state index in [0.717, 1.165) is 5.69 Å². The molecule has 1 aromatic carbocycles. The molecule has 0 aromatic heterocycles. The lowest BCUT2D eigenvalue weighted by atomic mass is 9.91. The van der Waals surface area contributed by atoms with Crippen LogP contribution in [-0.4, -0.2) is 7.05 Å². The second-order valence-electron chi connectivity index (χ2n) is 3.82. The molecule has 0 radical (unpaired) electrons. The fourth-order valence-electron chi connectivity index (χ4n) is 1.99. The minimum atomic E-state index is 1.01. The number of hydrogen-bond donors (Lipinski definition) is 0. The first-order valence-corrected chi connectivity index (χ1v) is 5.06. The Morgan fingerprint density at radius 2 is 1.93 bits per heavy atom. The summed E-state index contributed by atoms with van der Waals surface area (Å²) < 4.78 is 0. The van der Waals surface area contributed by atoms with Gasteiger partial charge in [-0.3, -0.25) is 4.90 Å². The predicted molar refractivity (Wildman–Crippen MR) is 57.1 cm³/mol. The Kier molecular flexibility index (Phi) is 2.41. The molecule has 0 spiro atoms. The van der Waals surface area contributed by atoms with Crippen LogP contribution in [0.5, 0.6) is 0 Å². The fourth-order valence-corrected chi connectivity index (χ4v) is 1.99. The van der Waals surface area contributed by atoms with Gasteiger partial charge in [-0.1, -0.05) is 6.07 Å². The molecule has 0 amide bonds. The number of fused-ring (bicyclic) bond motifs is 1.